The topological polar surface area (TPSA) is 86.3 Å². The Morgan fingerprint density at radius 3 is 1.62 bits per heavy atom. The number of rotatable bonds is 2. The van der Waals surface area contributed by atoms with Crippen molar-refractivity contribution in [3.63, 3.8) is 0 Å². The fourth-order valence-electron chi connectivity index (χ4n) is 2.60. The highest BCUT2D eigenvalue weighted by atomic mass is 127. The zero-order valence-electron chi connectivity index (χ0n) is 19.6. The first kappa shape index (κ1) is 31.2. The molecule has 0 amide bonds. The van der Waals surface area contributed by atoms with Gasteiger partial charge in [-0.3, -0.25) is 20.2 Å². The van der Waals surface area contributed by atoms with E-state index in [0.717, 1.165) is 0 Å². The molecule has 0 aromatic heterocycles. The molecule has 0 fully saturated rings. The largest absolute Gasteiger partial charge is 0.270 e. The lowest BCUT2D eigenvalue weighted by molar-refractivity contribution is -0.385. The zero-order valence-corrected chi connectivity index (χ0v) is 23.2. The normalized spacial score (nSPS) is 9.33. The van der Waals surface area contributed by atoms with Gasteiger partial charge in [0.05, 0.1) is 36.6 Å². The van der Waals surface area contributed by atoms with Gasteiger partial charge in [0.15, 0.2) is 0 Å². The molecule has 4 rings (SSSR count). The molecule has 0 spiro atoms. The molecule has 6 nitrogen and oxygen atoms in total. The lowest BCUT2D eigenvalue weighted by atomic mass is 10.1. The Kier molecular flexibility index (Phi) is 12.3. The van der Waals surface area contributed by atoms with Crippen LogP contribution in [0.25, 0.3) is 0 Å². The van der Waals surface area contributed by atoms with E-state index in [1.807, 2.05) is 22.6 Å². The lowest BCUT2D eigenvalue weighted by Gasteiger charge is -1.96. The van der Waals surface area contributed by atoms with E-state index in [4.69, 9.17) is 29.6 Å². The standard InChI is InChI=1S/C14H7ClFNO2.C8H5F.C6H3ClINO2/c15-13-8-7-12(17(18)19)9-11(13)6-5-10-3-1-2-4-14(10)16;1-2-7-5-3-4-6-8(7)9;7-5-2-1-4(9(10)11)3-6(5)8/h1-4,7-9H;1,3-6H;1-3H. The number of non-ortho nitro benzene ring substituents is 2. The maximum absolute atomic E-state index is 13.4. The van der Waals surface area contributed by atoms with Crippen molar-refractivity contribution in [3.05, 3.63) is 147 Å². The first-order valence-corrected chi connectivity index (χ1v) is 12.4. The van der Waals surface area contributed by atoms with Crippen LogP contribution in [0.3, 0.4) is 0 Å². The zero-order chi connectivity index (χ0) is 28.9. The molecule has 0 saturated heterocycles. The van der Waals surface area contributed by atoms with Crippen molar-refractivity contribution < 1.29 is 18.6 Å². The van der Waals surface area contributed by atoms with E-state index in [-0.39, 0.29) is 27.8 Å². The second kappa shape index (κ2) is 15.4. The number of nitro groups is 2. The van der Waals surface area contributed by atoms with Crippen molar-refractivity contribution in [2.45, 2.75) is 0 Å². The summed E-state index contributed by atoms with van der Waals surface area (Å²) in [6, 6.07) is 20.5. The van der Waals surface area contributed by atoms with E-state index in [2.05, 4.69) is 17.8 Å². The molecular formula is C28H15Cl2F2IN2O4. The summed E-state index contributed by atoms with van der Waals surface area (Å²) >= 11 is 13.5. The molecule has 4 aromatic carbocycles. The Morgan fingerprint density at radius 2 is 1.15 bits per heavy atom. The summed E-state index contributed by atoms with van der Waals surface area (Å²) in [5.74, 6) is 6.68. The van der Waals surface area contributed by atoms with Crippen molar-refractivity contribution in [2.75, 3.05) is 0 Å². The van der Waals surface area contributed by atoms with Crippen LogP contribution < -0.4 is 0 Å². The Bertz CT molecular complexity index is 1620. The average molecular weight is 679 g/mol. The van der Waals surface area contributed by atoms with Gasteiger partial charge in [0.25, 0.3) is 11.4 Å². The SMILES string of the molecule is C#Cc1ccccc1F.O=[N+]([O-])c1ccc(Cl)c(C#Cc2ccccc2F)c1.O=[N+]([O-])c1ccc(Cl)c(I)c1. The van der Waals surface area contributed by atoms with E-state index < -0.39 is 15.7 Å². The van der Waals surface area contributed by atoms with Crippen LogP contribution >= 0.6 is 45.8 Å². The van der Waals surface area contributed by atoms with Crippen molar-refractivity contribution in [2.24, 2.45) is 0 Å². The maximum atomic E-state index is 13.4. The number of hydrogen-bond donors (Lipinski definition) is 0. The summed E-state index contributed by atoms with van der Waals surface area (Å²) in [6.07, 6.45) is 4.96. The van der Waals surface area contributed by atoms with Gasteiger partial charge in [-0.1, -0.05) is 65.2 Å². The predicted octanol–water partition coefficient (Wildman–Crippen LogP) is 8.45. The highest BCUT2D eigenvalue weighted by molar-refractivity contribution is 14.1. The lowest BCUT2D eigenvalue weighted by Crippen LogP contribution is -1.89. The molecule has 0 aliphatic carbocycles. The first-order valence-electron chi connectivity index (χ1n) is 10.5. The molecule has 39 heavy (non-hydrogen) atoms. The second-order valence-corrected chi connectivity index (χ2v) is 9.11. The number of terminal acetylenes is 1. The summed E-state index contributed by atoms with van der Waals surface area (Å²) in [7, 11) is 0. The Morgan fingerprint density at radius 1 is 0.692 bits per heavy atom. The number of nitrogens with zero attached hydrogens (tertiary/aromatic N) is 2. The number of benzene rings is 4. The Hall–Kier alpha value is -4.03. The third kappa shape index (κ3) is 9.98. The van der Waals surface area contributed by atoms with E-state index in [0.29, 0.717) is 19.7 Å². The Balaban J connectivity index is 0.000000226. The minimum absolute atomic E-state index is 0.0683. The van der Waals surface area contributed by atoms with Gasteiger partial charge in [-0.05, 0) is 59.0 Å². The van der Waals surface area contributed by atoms with Crippen LogP contribution in [-0.2, 0) is 0 Å². The molecule has 11 heteroatoms. The fraction of sp³-hybridized carbons (Fsp3) is 0. The van der Waals surface area contributed by atoms with E-state index in [1.165, 1.54) is 54.6 Å². The molecule has 196 valence electrons. The summed E-state index contributed by atoms with van der Waals surface area (Å²) in [4.78, 5) is 19.9. The van der Waals surface area contributed by atoms with Crippen molar-refractivity contribution in [1.82, 2.24) is 0 Å². The highest BCUT2D eigenvalue weighted by Gasteiger charge is 2.08. The molecule has 0 N–H and O–H groups in total. The van der Waals surface area contributed by atoms with Gasteiger partial charge in [-0.15, -0.1) is 6.42 Å². The van der Waals surface area contributed by atoms with Gasteiger partial charge in [-0.25, -0.2) is 8.78 Å². The van der Waals surface area contributed by atoms with Crippen molar-refractivity contribution in [1.29, 1.82) is 0 Å². The van der Waals surface area contributed by atoms with Gasteiger partial charge in [0.1, 0.15) is 11.6 Å². The summed E-state index contributed by atoms with van der Waals surface area (Å²) in [5, 5.41) is 21.7. The van der Waals surface area contributed by atoms with Gasteiger partial charge >= 0.3 is 0 Å². The predicted molar refractivity (Wildman–Crippen MR) is 156 cm³/mol. The third-order valence-corrected chi connectivity index (χ3v) is 6.38. The quantitative estimate of drug-likeness (QED) is 0.0922. The Labute approximate surface area is 246 Å². The van der Waals surface area contributed by atoms with Crippen molar-refractivity contribution >= 4 is 57.2 Å². The molecule has 0 aliphatic heterocycles. The smallest absolute Gasteiger partial charge is 0.258 e. The molecule has 4 aromatic rings. The molecule has 0 heterocycles. The van der Waals surface area contributed by atoms with Crippen molar-refractivity contribution in [3.8, 4) is 24.2 Å². The minimum atomic E-state index is -0.537. The van der Waals surface area contributed by atoms with Crippen LogP contribution in [0.2, 0.25) is 10.0 Å². The fourth-order valence-corrected chi connectivity index (χ4v) is 3.38. The third-order valence-electron chi connectivity index (χ3n) is 4.51. The number of nitro benzene ring substituents is 2. The molecule has 0 aliphatic rings. The number of hydrogen-bond acceptors (Lipinski definition) is 4. The summed E-state index contributed by atoms with van der Waals surface area (Å²) < 4.78 is 26.5. The van der Waals surface area contributed by atoms with Crippen LogP contribution in [0.15, 0.2) is 84.9 Å². The van der Waals surface area contributed by atoms with E-state index in [1.54, 1.807) is 30.3 Å². The van der Waals surface area contributed by atoms with E-state index in [9.17, 15) is 29.0 Å². The molecule has 0 bridgehead atoms. The van der Waals surface area contributed by atoms with Crippen LogP contribution in [0.5, 0.6) is 0 Å². The highest BCUT2D eigenvalue weighted by Crippen LogP contribution is 2.23. The molecule has 0 atom stereocenters. The van der Waals surface area contributed by atoms with Gasteiger partial charge < -0.3 is 0 Å². The van der Waals surface area contributed by atoms with Crippen LogP contribution in [0, 0.1) is 59.6 Å². The molecule has 0 radical (unpaired) electrons. The van der Waals surface area contributed by atoms with E-state index >= 15 is 0 Å². The molecule has 0 saturated carbocycles. The first-order chi connectivity index (χ1) is 18.5. The van der Waals surface area contributed by atoms with Gasteiger partial charge in [-0.2, -0.15) is 0 Å². The second-order valence-electron chi connectivity index (χ2n) is 7.13. The molecular weight excluding hydrogens is 664 g/mol. The van der Waals surface area contributed by atoms with Crippen LogP contribution in [0.1, 0.15) is 16.7 Å². The minimum Gasteiger partial charge on any atom is -0.258 e. The summed E-state index contributed by atoms with van der Waals surface area (Å²) in [5.41, 5.74) is 0.780. The monoisotopic (exact) mass is 678 g/mol. The summed E-state index contributed by atoms with van der Waals surface area (Å²) in [6.45, 7) is 0. The maximum Gasteiger partial charge on any atom is 0.270 e. The van der Waals surface area contributed by atoms with Gasteiger partial charge in [0, 0.05) is 27.8 Å². The van der Waals surface area contributed by atoms with Gasteiger partial charge in [0.2, 0.25) is 0 Å². The average Bonchev–Trinajstić information content (AvgIpc) is 2.91. The van der Waals surface area contributed by atoms with Crippen LogP contribution in [-0.4, -0.2) is 9.85 Å². The van der Waals surface area contributed by atoms with Crippen LogP contribution in [0.4, 0.5) is 20.2 Å². The molecule has 0 unspecified atom stereocenters. The number of halogens is 5.